The first-order chi connectivity index (χ1) is 5.79. The third kappa shape index (κ3) is 0.889. The first kappa shape index (κ1) is 6.98. The van der Waals surface area contributed by atoms with Crippen molar-refractivity contribution >= 4 is 16.5 Å². The van der Waals surface area contributed by atoms with Gasteiger partial charge in [-0.2, -0.15) is 0 Å². The smallest absolute Gasteiger partial charge is 0.202 e. The van der Waals surface area contributed by atoms with Crippen LogP contribution in [0.2, 0.25) is 0 Å². The van der Waals surface area contributed by atoms with E-state index in [0.717, 1.165) is 10.8 Å². The predicted octanol–water partition coefficient (Wildman–Crippen LogP) is 2.57. The molecule has 2 heteroatoms. The molecule has 0 fully saturated rings. The van der Waals surface area contributed by atoms with Crippen LogP contribution in [0.15, 0.2) is 36.4 Å². The highest BCUT2D eigenvalue weighted by atomic mass is 16.3. The van der Waals surface area contributed by atoms with Crippen molar-refractivity contribution < 1.29 is 5.11 Å². The van der Waals surface area contributed by atoms with Gasteiger partial charge in [0.05, 0.1) is 5.69 Å². The lowest BCUT2D eigenvalue weighted by molar-refractivity contribution is 0.358. The summed E-state index contributed by atoms with van der Waals surface area (Å²) in [6.45, 7) is 0. The molecule has 2 aromatic rings. The van der Waals surface area contributed by atoms with Crippen LogP contribution in [0.3, 0.4) is 0 Å². The minimum Gasteiger partial charge on any atom is -0.395 e. The van der Waals surface area contributed by atoms with E-state index in [1.54, 1.807) is 6.07 Å². The molecule has 12 heavy (non-hydrogen) atoms. The van der Waals surface area contributed by atoms with Crippen molar-refractivity contribution in [2.75, 3.05) is 5.73 Å². The average Bonchev–Trinajstić information content (AvgIpc) is 2.12. The van der Waals surface area contributed by atoms with Gasteiger partial charge < -0.3 is 5.73 Å². The molecule has 2 aromatic carbocycles. The summed E-state index contributed by atoms with van der Waals surface area (Å²) in [4.78, 5) is 0. The van der Waals surface area contributed by atoms with Crippen LogP contribution < -0.4 is 5.73 Å². The van der Waals surface area contributed by atoms with E-state index in [1.165, 1.54) is 6.07 Å². The Bertz CT molecular complexity index is 423. The standard InChI is InChI=1S/C10H8NO/c11-10-8-4-2-1-3-7(8)5-6-9(10)12/h1-6H,11H2. The van der Waals surface area contributed by atoms with Crippen molar-refractivity contribution in [2.24, 2.45) is 0 Å². The molecule has 0 spiro atoms. The van der Waals surface area contributed by atoms with E-state index < -0.39 is 0 Å². The first-order valence-electron chi connectivity index (χ1n) is 3.73. The monoisotopic (exact) mass is 158 g/mol. The Labute approximate surface area is 70.2 Å². The molecule has 0 aliphatic carbocycles. The summed E-state index contributed by atoms with van der Waals surface area (Å²) in [6, 6.07) is 10.9. The van der Waals surface area contributed by atoms with Gasteiger partial charge in [-0.1, -0.05) is 30.3 Å². The van der Waals surface area contributed by atoms with E-state index in [9.17, 15) is 5.11 Å². The van der Waals surface area contributed by atoms with Gasteiger partial charge in [0.25, 0.3) is 0 Å². The van der Waals surface area contributed by atoms with Gasteiger partial charge in [-0.15, -0.1) is 0 Å². The van der Waals surface area contributed by atoms with Crippen LogP contribution >= 0.6 is 0 Å². The fourth-order valence-electron chi connectivity index (χ4n) is 1.28. The molecule has 0 heterocycles. The number of hydrogen-bond acceptors (Lipinski definition) is 1. The number of benzene rings is 2. The van der Waals surface area contributed by atoms with Crippen molar-refractivity contribution in [3.05, 3.63) is 36.4 Å². The normalized spacial score (nSPS) is 10.3. The SMILES string of the molecule is Nc1c([O])ccc2ccccc12. The number of rotatable bonds is 0. The van der Waals surface area contributed by atoms with Gasteiger partial charge in [0.2, 0.25) is 5.75 Å². The highest BCUT2D eigenvalue weighted by Crippen LogP contribution is 2.29. The molecule has 1 radical (unpaired) electrons. The van der Waals surface area contributed by atoms with Gasteiger partial charge >= 0.3 is 0 Å². The lowest BCUT2D eigenvalue weighted by Gasteiger charge is -2.00. The summed E-state index contributed by atoms with van der Waals surface area (Å²) in [5.74, 6) is -0.103. The minimum atomic E-state index is -0.103. The molecule has 2 N–H and O–H groups in total. The number of nitrogens with two attached hydrogens (primary N) is 1. The topological polar surface area (TPSA) is 45.9 Å². The molecule has 59 valence electrons. The van der Waals surface area contributed by atoms with Crippen molar-refractivity contribution in [2.45, 2.75) is 0 Å². The summed E-state index contributed by atoms with van der Waals surface area (Å²) < 4.78 is 0. The van der Waals surface area contributed by atoms with Crippen LogP contribution in [-0.4, -0.2) is 0 Å². The van der Waals surface area contributed by atoms with E-state index >= 15 is 0 Å². The second-order valence-corrected chi connectivity index (χ2v) is 2.70. The third-order valence-electron chi connectivity index (χ3n) is 1.93. The average molecular weight is 158 g/mol. The Balaban J connectivity index is 2.91. The number of anilines is 1. The molecule has 0 aromatic heterocycles. The van der Waals surface area contributed by atoms with Crippen LogP contribution in [-0.2, 0) is 5.11 Å². The summed E-state index contributed by atoms with van der Waals surface area (Å²) in [7, 11) is 0. The van der Waals surface area contributed by atoms with Gasteiger partial charge in [-0.25, -0.2) is 0 Å². The van der Waals surface area contributed by atoms with Gasteiger partial charge in [0, 0.05) is 5.39 Å². The second kappa shape index (κ2) is 2.41. The molecular weight excluding hydrogens is 150 g/mol. The van der Waals surface area contributed by atoms with E-state index in [0.29, 0.717) is 5.69 Å². The van der Waals surface area contributed by atoms with E-state index in [-0.39, 0.29) is 5.75 Å². The van der Waals surface area contributed by atoms with Crippen LogP contribution in [0.1, 0.15) is 0 Å². The molecule has 0 atom stereocenters. The zero-order valence-electron chi connectivity index (χ0n) is 6.45. The van der Waals surface area contributed by atoms with E-state index in [1.807, 2.05) is 24.3 Å². The van der Waals surface area contributed by atoms with Crippen molar-refractivity contribution in [1.82, 2.24) is 0 Å². The largest absolute Gasteiger partial charge is 0.395 e. The maximum Gasteiger partial charge on any atom is 0.202 e. The molecular formula is C10H8NO. The lowest BCUT2D eigenvalue weighted by atomic mass is 10.1. The number of nitrogen functional groups attached to an aromatic ring is 1. The minimum absolute atomic E-state index is 0.103. The molecule has 0 aliphatic heterocycles. The predicted molar refractivity (Wildman–Crippen MR) is 48.5 cm³/mol. The zero-order valence-corrected chi connectivity index (χ0v) is 6.45. The number of fused-ring (bicyclic) bond motifs is 1. The molecule has 0 amide bonds. The molecule has 2 nitrogen and oxygen atoms in total. The Morgan fingerprint density at radius 3 is 2.58 bits per heavy atom. The summed E-state index contributed by atoms with van der Waals surface area (Å²) in [5, 5.41) is 13.0. The molecule has 2 rings (SSSR count). The Morgan fingerprint density at radius 2 is 1.75 bits per heavy atom. The maximum atomic E-state index is 11.1. The molecule has 0 saturated carbocycles. The Hall–Kier alpha value is -1.70. The van der Waals surface area contributed by atoms with Crippen molar-refractivity contribution in [3.63, 3.8) is 0 Å². The van der Waals surface area contributed by atoms with E-state index in [2.05, 4.69) is 0 Å². The summed E-state index contributed by atoms with van der Waals surface area (Å²) >= 11 is 0. The fraction of sp³-hybridized carbons (Fsp3) is 0. The molecule has 0 bridgehead atoms. The highest BCUT2D eigenvalue weighted by molar-refractivity contribution is 5.95. The first-order valence-corrected chi connectivity index (χ1v) is 3.73. The lowest BCUT2D eigenvalue weighted by Crippen LogP contribution is -1.86. The summed E-state index contributed by atoms with van der Waals surface area (Å²) in [6.07, 6.45) is 0. The Kier molecular flexibility index (Phi) is 1.40. The molecule has 0 aliphatic rings. The van der Waals surface area contributed by atoms with Crippen LogP contribution in [0, 0.1) is 0 Å². The number of hydrogen-bond donors (Lipinski definition) is 1. The Morgan fingerprint density at radius 1 is 1.00 bits per heavy atom. The van der Waals surface area contributed by atoms with Crippen LogP contribution in [0.5, 0.6) is 5.75 Å². The fourth-order valence-corrected chi connectivity index (χ4v) is 1.28. The van der Waals surface area contributed by atoms with Crippen LogP contribution in [0.4, 0.5) is 5.69 Å². The van der Waals surface area contributed by atoms with E-state index in [4.69, 9.17) is 5.73 Å². The zero-order chi connectivity index (χ0) is 8.55. The van der Waals surface area contributed by atoms with Crippen molar-refractivity contribution in [3.8, 4) is 5.75 Å². The van der Waals surface area contributed by atoms with Gasteiger partial charge in [-0.3, -0.25) is 5.11 Å². The van der Waals surface area contributed by atoms with Gasteiger partial charge in [-0.05, 0) is 11.5 Å². The maximum absolute atomic E-state index is 11.1. The summed E-state index contributed by atoms with van der Waals surface area (Å²) in [5.41, 5.74) is 5.95. The molecule has 0 saturated heterocycles. The van der Waals surface area contributed by atoms with Gasteiger partial charge in [0.1, 0.15) is 0 Å². The van der Waals surface area contributed by atoms with Crippen molar-refractivity contribution in [1.29, 1.82) is 0 Å². The second-order valence-electron chi connectivity index (χ2n) is 2.70. The highest BCUT2D eigenvalue weighted by Gasteiger charge is 2.02. The third-order valence-corrected chi connectivity index (χ3v) is 1.93. The molecule has 0 unspecified atom stereocenters. The van der Waals surface area contributed by atoms with Gasteiger partial charge in [0.15, 0.2) is 0 Å². The van der Waals surface area contributed by atoms with Crippen LogP contribution in [0.25, 0.3) is 10.8 Å². The quantitative estimate of drug-likeness (QED) is 0.588.